The van der Waals surface area contributed by atoms with E-state index >= 15 is 0 Å². The molecule has 3 N–H and O–H groups in total. The number of ketones is 1. The predicted octanol–water partition coefficient (Wildman–Crippen LogP) is 5.12. The van der Waals surface area contributed by atoms with Gasteiger partial charge in [0.15, 0.2) is 25.2 Å². The first kappa shape index (κ1) is 56.2. The number of aliphatic hydroxyl groups is 3. The van der Waals surface area contributed by atoms with Crippen molar-refractivity contribution in [2.45, 2.75) is 241 Å². The number of aliphatic hydroxyl groups excluding tert-OH is 1. The Balaban J connectivity index is 0.803. The fourth-order valence-corrected chi connectivity index (χ4v) is 14.8. The second-order valence-electron chi connectivity index (χ2n) is 23.0. The molecule has 24 atom stereocenters. The predicted molar refractivity (Wildman–Crippen MR) is 262 cm³/mol. The molecule has 5 heterocycles. The Morgan fingerprint density at radius 3 is 1.70 bits per heavy atom. The summed E-state index contributed by atoms with van der Waals surface area (Å²) in [6.45, 7) is 13.1. The van der Waals surface area contributed by atoms with Gasteiger partial charge in [-0.05, 0) is 97.1 Å². The molecule has 19 nitrogen and oxygen atoms in total. The number of rotatable bonds is 15. The monoisotopic (exact) mass is 1050 g/mol. The average molecular weight is 1050 g/mol. The summed E-state index contributed by atoms with van der Waals surface area (Å²) in [7, 11) is 6.51. The van der Waals surface area contributed by atoms with Gasteiger partial charge in [0.05, 0.1) is 60.5 Å². The fourth-order valence-electron chi connectivity index (χ4n) is 14.8. The summed E-state index contributed by atoms with van der Waals surface area (Å²) < 4.78 is 81.7. The van der Waals surface area contributed by atoms with E-state index < -0.39 is 132 Å². The van der Waals surface area contributed by atoms with Gasteiger partial charge in [0.25, 0.3) is 0 Å². The highest BCUT2D eigenvalue weighted by Gasteiger charge is 2.77. The summed E-state index contributed by atoms with van der Waals surface area (Å²) in [6.07, 6.45) is 0.691. The first-order chi connectivity index (χ1) is 35.2. The van der Waals surface area contributed by atoms with Gasteiger partial charge < -0.3 is 76.9 Å². The third-order valence-electron chi connectivity index (χ3n) is 19.0. The van der Waals surface area contributed by atoms with Gasteiger partial charge in [-0.1, -0.05) is 25.5 Å². The van der Waals surface area contributed by atoms with Crippen molar-refractivity contribution in [2.75, 3.05) is 28.4 Å². The first-order valence-electron chi connectivity index (χ1n) is 27.0. The molecule has 0 radical (unpaired) electrons. The van der Waals surface area contributed by atoms with E-state index in [0.29, 0.717) is 51.4 Å². The van der Waals surface area contributed by atoms with Crippen LogP contribution in [0, 0.1) is 22.7 Å². The lowest BCUT2D eigenvalue weighted by atomic mass is 9.43. The molecule has 4 saturated heterocycles. The molecule has 7 fully saturated rings. The maximum atomic E-state index is 13.7. The van der Waals surface area contributed by atoms with E-state index in [-0.39, 0.29) is 48.9 Å². The van der Waals surface area contributed by atoms with Gasteiger partial charge in [0.1, 0.15) is 47.5 Å². The largest absolute Gasteiger partial charge is 0.458 e. The Labute approximate surface area is 435 Å². The van der Waals surface area contributed by atoms with Gasteiger partial charge in [0.2, 0.25) is 0 Å². The minimum atomic E-state index is -1.69. The standard InChI is InChI=1S/C55H83NO18/c1-28(57)36-16-19-55(61)53(36,7)42(71-51(59)33-13-12-20-56-27-33)26-41-52(6)17-15-35(21-34(52)14-18-54(41,55)60)70-43-23-38(63-9)48(30(3)67-43)73-45-25-40(65-11)50(32(5)69-45)74-46-24-39(64-10)49(31(4)68-46)72-44-22-37(62-8)47(58)29(2)66-44/h12-14,20,27,29-32,35-50,58,60-61H,15-19,21-26H2,1-11H3/t29-,30-,31-,32-,35+,36+,37-,38+,39-,40+,41-,42-,43+,44+,45+,46+,47-,48-,49-,50-,52+,53+,54+,55-/m1/s1. The molecule has 4 aliphatic heterocycles. The van der Waals surface area contributed by atoms with Crippen molar-refractivity contribution < 1.29 is 86.5 Å². The molecule has 1 aromatic rings. The van der Waals surface area contributed by atoms with Crippen LogP contribution in [-0.4, -0.2) is 182 Å². The van der Waals surface area contributed by atoms with Gasteiger partial charge in [-0.25, -0.2) is 4.79 Å². The number of esters is 1. The lowest BCUT2D eigenvalue weighted by molar-refractivity contribution is -0.347. The van der Waals surface area contributed by atoms with Gasteiger partial charge in [0, 0.05) is 83.8 Å². The molecule has 9 rings (SSSR count). The molecule has 8 aliphatic rings. The highest BCUT2D eigenvalue weighted by molar-refractivity contribution is 5.89. The zero-order valence-electron chi connectivity index (χ0n) is 45.1. The SMILES string of the molecule is CO[C@H]1C[C@H](O[C@H]2CC[C@@]3(C)C(=CC[C@]4(O)[C@@H]3C[C@@H](OC(=O)c3cccnc3)[C@]3(C)[C@H](C(C)=O)CC[C@@]34O)C2)O[C@H](C)[C@H]1O[C@H]1C[C@H](OC)[C@H](O[C@H]2C[C@@H](OC)[C@H](O[C@H]3C[C@@H](OC)[C@H](O)[C@@H](C)O3)[C@@H](C)O2)[C@@H](C)O1. The van der Waals surface area contributed by atoms with E-state index in [1.54, 1.807) is 53.7 Å². The molecule has 4 aliphatic carbocycles. The van der Waals surface area contributed by atoms with Crippen LogP contribution in [0.4, 0.5) is 0 Å². The Hall–Kier alpha value is -2.57. The number of carbonyl (C=O) groups excluding carboxylic acids is 2. The van der Waals surface area contributed by atoms with Gasteiger partial charge >= 0.3 is 5.97 Å². The van der Waals surface area contributed by atoms with Crippen LogP contribution in [0.1, 0.15) is 129 Å². The number of Topliss-reactive ketones (excluding diaryl/α,β-unsaturated/α-hetero) is 1. The van der Waals surface area contributed by atoms with Gasteiger partial charge in [-0.3, -0.25) is 9.78 Å². The van der Waals surface area contributed by atoms with Crippen LogP contribution in [0.5, 0.6) is 0 Å². The highest BCUT2D eigenvalue weighted by atomic mass is 16.8. The lowest BCUT2D eigenvalue weighted by Gasteiger charge is -2.66. The summed E-state index contributed by atoms with van der Waals surface area (Å²) in [5, 5.41) is 36.3. The van der Waals surface area contributed by atoms with Gasteiger partial charge in [-0.15, -0.1) is 0 Å². The van der Waals surface area contributed by atoms with E-state index in [2.05, 4.69) is 18.0 Å². The fraction of sp³-hybridized carbons (Fsp3) is 0.836. The van der Waals surface area contributed by atoms with Crippen LogP contribution < -0.4 is 0 Å². The Kier molecular flexibility index (Phi) is 16.9. The summed E-state index contributed by atoms with van der Waals surface area (Å²) >= 11 is 0. The molecule has 0 bridgehead atoms. The number of hydrogen-bond donors (Lipinski definition) is 3. The second-order valence-corrected chi connectivity index (χ2v) is 23.0. The smallest absolute Gasteiger partial charge is 0.339 e. The van der Waals surface area contributed by atoms with Crippen molar-refractivity contribution in [2.24, 2.45) is 22.7 Å². The minimum absolute atomic E-state index is 0.0946. The van der Waals surface area contributed by atoms with Crippen LogP contribution in [0.15, 0.2) is 36.2 Å². The molecule has 0 unspecified atom stereocenters. The number of nitrogens with zero attached hydrogens (tertiary/aromatic N) is 1. The van der Waals surface area contributed by atoms with Crippen molar-refractivity contribution in [3.8, 4) is 0 Å². The third kappa shape index (κ3) is 10.1. The Bertz CT molecular complexity index is 2140. The van der Waals surface area contributed by atoms with E-state index in [0.717, 1.165) is 5.57 Å². The van der Waals surface area contributed by atoms with Crippen LogP contribution in [0.25, 0.3) is 0 Å². The van der Waals surface area contributed by atoms with E-state index in [4.69, 9.17) is 61.6 Å². The molecule has 0 spiro atoms. The molecule has 0 amide bonds. The molecule has 3 saturated carbocycles. The number of ether oxygens (including phenoxy) is 13. The Morgan fingerprint density at radius 2 is 1.20 bits per heavy atom. The minimum Gasteiger partial charge on any atom is -0.458 e. The number of aromatic nitrogens is 1. The third-order valence-corrected chi connectivity index (χ3v) is 19.0. The number of fused-ring (bicyclic) bond motifs is 5. The second kappa shape index (κ2) is 22.3. The van der Waals surface area contributed by atoms with Crippen molar-refractivity contribution in [1.29, 1.82) is 0 Å². The number of methoxy groups -OCH3 is 4. The molecule has 0 aromatic carbocycles. The maximum absolute atomic E-state index is 13.7. The quantitative estimate of drug-likeness (QED) is 0.153. The first-order valence-corrected chi connectivity index (χ1v) is 27.0. The number of hydrogen-bond acceptors (Lipinski definition) is 19. The van der Waals surface area contributed by atoms with Crippen LogP contribution in [-0.2, 0) is 66.4 Å². The van der Waals surface area contributed by atoms with Crippen molar-refractivity contribution in [1.82, 2.24) is 4.98 Å². The summed E-state index contributed by atoms with van der Waals surface area (Å²) in [5.74, 6) is -1.73. The average Bonchev–Trinajstić information content (AvgIpc) is 3.77. The molecule has 19 heteroatoms. The zero-order chi connectivity index (χ0) is 53.1. The topological polar surface area (TPSA) is 228 Å². The molecule has 416 valence electrons. The van der Waals surface area contributed by atoms with Crippen LogP contribution in [0.3, 0.4) is 0 Å². The normalized spacial score (nSPS) is 48.4. The van der Waals surface area contributed by atoms with Crippen molar-refractivity contribution in [3.63, 3.8) is 0 Å². The van der Waals surface area contributed by atoms with E-state index in [1.165, 1.54) is 13.1 Å². The van der Waals surface area contributed by atoms with Crippen molar-refractivity contribution >= 4 is 11.8 Å². The molecule has 1 aromatic heterocycles. The highest BCUT2D eigenvalue weighted by Crippen LogP contribution is 2.70. The lowest BCUT2D eigenvalue weighted by Crippen LogP contribution is -2.75. The molecular weight excluding hydrogens is 963 g/mol. The zero-order valence-corrected chi connectivity index (χ0v) is 45.1. The molecular formula is C55H83NO18. The van der Waals surface area contributed by atoms with Crippen molar-refractivity contribution in [3.05, 3.63) is 41.7 Å². The van der Waals surface area contributed by atoms with E-state index in [9.17, 15) is 24.9 Å². The van der Waals surface area contributed by atoms with E-state index in [1.807, 2.05) is 27.7 Å². The summed E-state index contributed by atoms with van der Waals surface area (Å²) in [6, 6.07) is 3.30. The number of carbonyl (C=O) groups is 2. The Morgan fingerprint density at radius 1 is 0.689 bits per heavy atom. The summed E-state index contributed by atoms with van der Waals surface area (Å²) in [4.78, 5) is 31.0. The number of pyridine rings is 1. The molecule has 74 heavy (non-hydrogen) atoms. The van der Waals surface area contributed by atoms with Crippen LogP contribution >= 0.6 is 0 Å². The van der Waals surface area contributed by atoms with Gasteiger partial charge in [-0.2, -0.15) is 0 Å². The maximum Gasteiger partial charge on any atom is 0.339 e. The summed E-state index contributed by atoms with van der Waals surface area (Å²) in [5.41, 5.74) is -3.60. The van der Waals surface area contributed by atoms with Crippen LogP contribution in [0.2, 0.25) is 0 Å².